The fraction of sp³-hybridized carbons (Fsp3) is 0.647. The lowest BCUT2D eigenvalue weighted by molar-refractivity contribution is 0.213. The van der Waals surface area contributed by atoms with E-state index in [2.05, 4.69) is 10.6 Å². The molecule has 1 aliphatic carbocycles. The van der Waals surface area contributed by atoms with Crippen LogP contribution in [0.3, 0.4) is 0 Å². The van der Waals surface area contributed by atoms with E-state index in [9.17, 15) is 8.78 Å². The molecule has 0 bridgehead atoms. The van der Waals surface area contributed by atoms with E-state index < -0.39 is 11.6 Å². The van der Waals surface area contributed by atoms with Gasteiger partial charge in [-0.2, -0.15) is 0 Å². The molecule has 2 nitrogen and oxygen atoms in total. The van der Waals surface area contributed by atoms with Gasteiger partial charge in [-0.1, -0.05) is 18.9 Å². The Balaban J connectivity index is 1.60. The van der Waals surface area contributed by atoms with Gasteiger partial charge in [0, 0.05) is 18.6 Å². The van der Waals surface area contributed by atoms with Gasteiger partial charge < -0.3 is 10.6 Å². The number of nitrogens with one attached hydrogen (secondary N) is 2. The average molecular weight is 294 g/mol. The van der Waals surface area contributed by atoms with Gasteiger partial charge in [-0.3, -0.25) is 0 Å². The molecule has 0 radical (unpaired) electrons. The Morgan fingerprint density at radius 1 is 1.05 bits per heavy atom. The molecule has 3 unspecified atom stereocenters. The highest BCUT2D eigenvalue weighted by Gasteiger charge is 2.32. The summed E-state index contributed by atoms with van der Waals surface area (Å²) in [6.07, 6.45) is 7.58. The summed E-state index contributed by atoms with van der Waals surface area (Å²) in [5.41, 5.74) is 0.817. The van der Waals surface area contributed by atoms with E-state index in [0.29, 0.717) is 24.5 Å². The summed E-state index contributed by atoms with van der Waals surface area (Å²) in [5, 5.41) is 7.20. The minimum atomic E-state index is -0.774. The van der Waals surface area contributed by atoms with Gasteiger partial charge in [-0.05, 0) is 55.8 Å². The lowest BCUT2D eigenvalue weighted by atomic mass is 9.79. The fourth-order valence-corrected chi connectivity index (χ4v) is 3.87. The van der Waals surface area contributed by atoms with Crippen LogP contribution in [0, 0.1) is 17.6 Å². The first-order chi connectivity index (χ1) is 10.2. The van der Waals surface area contributed by atoms with Gasteiger partial charge in [0.25, 0.3) is 0 Å². The molecule has 1 aromatic carbocycles. The maximum atomic E-state index is 13.3. The van der Waals surface area contributed by atoms with E-state index in [1.165, 1.54) is 50.7 Å². The molecule has 1 heterocycles. The van der Waals surface area contributed by atoms with Gasteiger partial charge in [0.15, 0.2) is 11.6 Å². The Hall–Kier alpha value is -1.00. The second kappa shape index (κ2) is 6.84. The topological polar surface area (TPSA) is 24.1 Å². The van der Waals surface area contributed by atoms with E-state index in [1.807, 2.05) is 0 Å². The van der Waals surface area contributed by atoms with Crippen molar-refractivity contribution in [1.29, 1.82) is 0 Å². The van der Waals surface area contributed by atoms with Crippen molar-refractivity contribution in [1.82, 2.24) is 10.6 Å². The molecule has 2 aliphatic rings. The van der Waals surface area contributed by atoms with Crippen LogP contribution in [0.25, 0.3) is 0 Å². The third-order valence-corrected chi connectivity index (χ3v) is 4.99. The molecule has 0 spiro atoms. The molecule has 1 saturated carbocycles. The van der Waals surface area contributed by atoms with Gasteiger partial charge in [0.05, 0.1) is 0 Å². The summed E-state index contributed by atoms with van der Waals surface area (Å²) in [4.78, 5) is 0. The van der Waals surface area contributed by atoms with Crippen LogP contribution in [0.2, 0.25) is 0 Å². The SMILES string of the molecule is Fc1ccc(CNC2CCCCC2C2CCCN2)cc1F. The van der Waals surface area contributed by atoms with Crippen molar-refractivity contribution >= 4 is 0 Å². The summed E-state index contributed by atoms with van der Waals surface area (Å²) in [6.45, 7) is 1.75. The lowest BCUT2D eigenvalue weighted by Crippen LogP contribution is -2.46. The van der Waals surface area contributed by atoms with E-state index in [1.54, 1.807) is 6.07 Å². The van der Waals surface area contributed by atoms with Crippen LogP contribution < -0.4 is 10.6 Å². The monoisotopic (exact) mass is 294 g/mol. The van der Waals surface area contributed by atoms with Crippen LogP contribution in [-0.2, 0) is 6.54 Å². The standard InChI is InChI=1S/C17H24F2N2/c18-14-8-7-12(10-15(14)19)11-21-17-5-2-1-4-13(17)16-6-3-9-20-16/h7-8,10,13,16-17,20-21H,1-6,9,11H2. The van der Waals surface area contributed by atoms with Gasteiger partial charge in [-0.15, -0.1) is 0 Å². The second-order valence-electron chi connectivity index (χ2n) is 6.39. The molecule has 2 N–H and O–H groups in total. The molecule has 0 aromatic heterocycles. The minimum Gasteiger partial charge on any atom is -0.314 e. The van der Waals surface area contributed by atoms with E-state index in [4.69, 9.17) is 0 Å². The summed E-state index contributed by atoms with van der Waals surface area (Å²) in [6, 6.07) is 5.30. The molecule has 1 aliphatic heterocycles. The van der Waals surface area contributed by atoms with Crippen molar-refractivity contribution in [3.05, 3.63) is 35.4 Å². The molecule has 3 atom stereocenters. The number of rotatable bonds is 4. The van der Waals surface area contributed by atoms with Gasteiger partial charge in [0.1, 0.15) is 0 Å². The predicted octanol–water partition coefficient (Wildman–Crippen LogP) is 3.37. The molecule has 1 aromatic rings. The minimum absolute atomic E-state index is 0.488. The normalized spacial score (nSPS) is 29.7. The van der Waals surface area contributed by atoms with Crippen LogP contribution in [0.4, 0.5) is 8.78 Å². The van der Waals surface area contributed by atoms with Crippen molar-refractivity contribution in [2.75, 3.05) is 6.54 Å². The highest BCUT2D eigenvalue weighted by Crippen LogP contribution is 2.30. The first-order valence-corrected chi connectivity index (χ1v) is 8.15. The van der Waals surface area contributed by atoms with Crippen LogP contribution in [-0.4, -0.2) is 18.6 Å². The van der Waals surface area contributed by atoms with Crippen LogP contribution >= 0.6 is 0 Å². The number of hydrogen-bond acceptors (Lipinski definition) is 2. The van der Waals surface area contributed by atoms with Crippen molar-refractivity contribution in [2.45, 2.75) is 57.2 Å². The lowest BCUT2D eigenvalue weighted by Gasteiger charge is -2.36. The van der Waals surface area contributed by atoms with Gasteiger partial charge >= 0.3 is 0 Å². The third kappa shape index (κ3) is 3.61. The Morgan fingerprint density at radius 3 is 2.67 bits per heavy atom. The third-order valence-electron chi connectivity index (χ3n) is 4.99. The molecular formula is C17H24F2N2. The molecule has 1 saturated heterocycles. The van der Waals surface area contributed by atoms with Crippen molar-refractivity contribution in [2.24, 2.45) is 5.92 Å². The summed E-state index contributed by atoms with van der Waals surface area (Å²) >= 11 is 0. The summed E-state index contributed by atoms with van der Waals surface area (Å²) in [7, 11) is 0. The average Bonchev–Trinajstić information content (AvgIpc) is 3.03. The molecule has 116 valence electrons. The predicted molar refractivity (Wildman–Crippen MR) is 80.0 cm³/mol. The zero-order valence-corrected chi connectivity index (χ0v) is 12.4. The van der Waals surface area contributed by atoms with Crippen LogP contribution in [0.1, 0.15) is 44.1 Å². The Labute approximate surface area is 125 Å². The van der Waals surface area contributed by atoms with Crippen molar-refractivity contribution in [3.8, 4) is 0 Å². The van der Waals surface area contributed by atoms with Crippen molar-refractivity contribution in [3.63, 3.8) is 0 Å². The zero-order chi connectivity index (χ0) is 14.7. The fourth-order valence-electron chi connectivity index (χ4n) is 3.87. The largest absolute Gasteiger partial charge is 0.314 e. The van der Waals surface area contributed by atoms with E-state index >= 15 is 0 Å². The molecule has 21 heavy (non-hydrogen) atoms. The highest BCUT2D eigenvalue weighted by atomic mass is 19.2. The molecule has 2 fully saturated rings. The van der Waals surface area contributed by atoms with Crippen LogP contribution in [0.15, 0.2) is 18.2 Å². The smallest absolute Gasteiger partial charge is 0.159 e. The van der Waals surface area contributed by atoms with Gasteiger partial charge in [0.2, 0.25) is 0 Å². The number of benzene rings is 1. The first kappa shape index (κ1) is 14.9. The van der Waals surface area contributed by atoms with Gasteiger partial charge in [-0.25, -0.2) is 8.78 Å². The second-order valence-corrected chi connectivity index (χ2v) is 6.39. The number of halogens is 2. The van der Waals surface area contributed by atoms with Crippen molar-refractivity contribution < 1.29 is 8.78 Å². The highest BCUT2D eigenvalue weighted by molar-refractivity contribution is 5.17. The molecular weight excluding hydrogens is 270 g/mol. The van der Waals surface area contributed by atoms with E-state index in [-0.39, 0.29) is 0 Å². The Bertz CT molecular complexity index is 472. The summed E-state index contributed by atoms with van der Waals surface area (Å²) < 4.78 is 26.2. The maximum absolute atomic E-state index is 13.3. The maximum Gasteiger partial charge on any atom is 0.159 e. The Kier molecular flexibility index (Phi) is 4.86. The van der Waals surface area contributed by atoms with Crippen LogP contribution in [0.5, 0.6) is 0 Å². The van der Waals surface area contributed by atoms with E-state index in [0.717, 1.165) is 12.1 Å². The quantitative estimate of drug-likeness (QED) is 0.889. The Morgan fingerprint density at radius 2 is 1.90 bits per heavy atom. The zero-order valence-electron chi connectivity index (χ0n) is 12.4. The molecule has 4 heteroatoms. The molecule has 0 amide bonds. The first-order valence-electron chi connectivity index (χ1n) is 8.15. The summed E-state index contributed by atoms with van der Waals surface area (Å²) in [5.74, 6) is -0.858. The molecule has 3 rings (SSSR count). The number of hydrogen-bond donors (Lipinski definition) is 2.